The van der Waals surface area contributed by atoms with Crippen molar-refractivity contribution in [3.05, 3.63) is 17.5 Å². The maximum absolute atomic E-state index is 11.5. The maximum Gasteiger partial charge on any atom is 0.330 e. The van der Waals surface area contributed by atoms with Gasteiger partial charge in [0.1, 0.15) is 11.0 Å². The summed E-state index contributed by atoms with van der Waals surface area (Å²) >= 11 is 1.37. The van der Waals surface area contributed by atoms with Gasteiger partial charge in [0.05, 0.1) is 0 Å². The summed E-state index contributed by atoms with van der Waals surface area (Å²) in [7, 11) is 0. The van der Waals surface area contributed by atoms with E-state index in [1.54, 1.807) is 13.0 Å². The summed E-state index contributed by atoms with van der Waals surface area (Å²) in [6.45, 7) is 1.67. The van der Waals surface area contributed by atoms with E-state index in [1.165, 1.54) is 16.2 Å². The molecule has 68 valence electrons. The van der Waals surface area contributed by atoms with Gasteiger partial charge in [-0.25, -0.2) is 9.69 Å². The van der Waals surface area contributed by atoms with Gasteiger partial charge in [-0.15, -0.1) is 11.3 Å². The van der Waals surface area contributed by atoms with Gasteiger partial charge in [-0.05, 0) is 24.4 Å². The van der Waals surface area contributed by atoms with Crippen LogP contribution in [-0.4, -0.2) is 18.0 Å². The molecular formula is C8H8N2O2S. The molecule has 1 aromatic rings. The Morgan fingerprint density at radius 1 is 1.54 bits per heavy atom. The molecule has 0 spiro atoms. The zero-order valence-electron chi connectivity index (χ0n) is 6.98. The minimum Gasteiger partial charge on any atom is -0.326 e. The molecule has 1 aliphatic heterocycles. The number of amides is 3. The largest absolute Gasteiger partial charge is 0.330 e. The summed E-state index contributed by atoms with van der Waals surface area (Å²) in [6, 6.07) is 2.82. The van der Waals surface area contributed by atoms with Crippen molar-refractivity contribution in [1.29, 1.82) is 0 Å². The first-order valence-electron chi connectivity index (χ1n) is 3.88. The SMILES string of the molecule is C[C@@H]1NC(=O)N(c2cccs2)C1=O. The lowest BCUT2D eigenvalue weighted by Crippen LogP contribution is -2.29. The van der Waals surface area contributed by atoms with Crippen molar-refractivity contribution in [2.45, 2.75) is 13.0 Å². The van der Waals surface area contributed by atoms with Crippen molar-refractivity contribution in [1.82, 2.24) is 5.32 Å². The van der Waals surface area contributed by atoms with Gasteiger partial charge in [0.25, 0.3) is 5.91 Å². The zero-order chi connectivity index (χ0) is 9.42. The zero-order valence-corrected chi connectivity index (χ0v) is 7.80. The number of hydrogen-bond donors (Lipinski definition) is 1. The first-order valence-corrected chi connectivity index (χ1v) is 4.76. The molecule has 0 aliphatic carbocycles. The van der Waals surface area contributed by atoms with Crippen molar-refractivity contribution in [3.8, 4) is 0 Å². The van der Waals surface area contributed by atoms with Crippen LogP contribution in [0.5, 0.6) is 0 Å². The van der Waals surface area contributed by atoms with Gasteiger partial charge >= 0.3 is 6.03 Å². The molecule has 2 rings (SSSR count). The van der Waals surface area contributed by atoms with Crippen LogP contribution in [0.2, 0.25) is 0 Å². The molecule has 0 unspecified atom stereocenters. The van der Waals surface area contributed by atoms with Crippen molar-refractivity contribution in [3.63, 3.8) is 0 Å². The van der Waals surface area contributed by atoms with E-state index in [0.29, 0.717) is 5.00 Å². The Morgan fingerprint density at radius 3 is 2.77 bits per heavy atom. The minimum absolute atomic E-state index is 0.188. The third-order valence-electron chi connectivity index (χ3n) is 1.86. The lowest BCUT2D eigenvalue weighted by molar-refractivity contribution is -0.117. The maximum atomic E-state index is 11.5. The summed E-state index contributed by atoms with van der Waals surface area (Å²) in [5.41, 5.74) is 0. The molecule has 1 atom stereocenters. The van der Waals surface area contributed by atoms with Gasteiger partial charge < -0.3 is 5.32 Å². The smallest absolute Gasteiger partial charge is 0.326 e. The van der Waals surface area contributed by atoms with Crippen LogP contribution in [-0.2, 0) is 4.79 Å². The standard InChI is InChI=1S/C8H8N2O2S/c1-5-7(11)10(8(12)9-5)6-3-2-4-13-6/h2-5H,1H3,(H,9,12)/t5-/m0/s1. The van der Waals surface area contributed by atoms with Crippen molar-refractivity contribution >= 4 is 28.3 Å². The van der Waals surface area contributed by atoms with E-state index in [2.05, 4.69) is 5.32 Å². The Balaban J connectivity index is 2.34. The van der Waals surface area contributed by atoms with Crippen LogP contribution >= 0.6 is 11.3 Å². The summed E-state index contributed by atoms with van der Waals surface area (Å²) in [5.74, 6) is -0.188. The highest BCUT2D eigenvalue weighted by Crippen LogP contribution is 2.24. The fraction of sp³-hybridized carbons (Fsp3) is 0.250. The molecule has 1 aromatic heterocycles. The predicted octanol–water partition coefficient (Wildman–Crippen LogP) is 1.19. The number of nitrogens with one attached hydrogen (secondary N) is 1. The molecule has 13 heavy (non-hydrogen) atoms. The molecule has 0 aromatic carbocycles. The second-order valence-electron chi connectivity index (χ2n) is 2.80. The van der Waals surface area contributed by atoms with Crippen LogP contribution < -0.4 is 10.2 Å². The summed E-state index contributed by atoms with van der Waals surface area (Å²) < 4.78 is 0. The Morgan fingerprint density at radius 2 is 2.31 bits per heavy atom. The molecule has 0 bridgehead atoms. The molecule has 4 nitrogen and oxygen atoms in total. The quantitative estimate of drug-likeness (QED) is 0.686. The molecule has 5 heteroatoms. The number of imide groups is 1. The van der Waals surface area contributed by atoms with Crippen LogP contribution in [0.15, 0.2) is 17.5 Å². The highest BCUT2D eigenvalue weighted by molar-refractivity contribution is 7.14. The average Bonchev–Trinajstić information content (AvgIpc) is 2.63. The summed E-state index contributed by atoms with van der Waals surface area (Å²) in [4.78, 5) is 23.9. The fourth-order valence-electron chi connectivity index (χ4n) is 1.21. The Bertz CT molecular complexity index is 347. The first-order chi connectivity index (χ1) is 6.20. The Labute approximate surface area is 79.2 Å². The monoisotopic (exact) mass is 196 g/mol. The second-order valence-corrected chi connectivity index (χ2v) is 3.72. The summed E-state index contributed by atoms with van der Waals surface area (Å²) in [5, 5.41) is 5.05. The molecule has 1 saturated heterocycles. The highest BCUT2D eigenvalue weighted by Gasteiger charge is 2.36. The lowest BCUT2D eigenvalue weighted by atomic mass is 10.3. The Kier molecular flexibility index (Phi) is 1.81. The third-order valence-corrected chi connectivity index (χ3v) is 2.71. The van der Waals surface area contributed by atoms with Crippen LogP contribution in [0.4, 0.5) is 9.80 Å². The van der Waals surface area contributed by atoms with Gasteiger partial charge in [0.15, 0.2) is 0 Å². The van der Waals surface area contributed by atoms with Crippen LogP contribution in [0.1, 0.15) is 6.92 Å². The fourth-order valence-corrected chi connectivity index (χ4v) is 1.94. The van der Waals surface area contributed by atoms with Gasteiger partial charge in [0, 0.05) is 0 Å². The number of rotatable bonds is 1. The minimum atomic E-state index is -0.408. The van der Waals surface area contributed by atoms with Gasteiger partial charge in [-0.2, -0.15) is 0 Å². The van der Waals surface area contributed by atoms with E-state index in [1.807, 2.05) is 11.4 Å². The number of carbonyl (C=O) groups is 2. The predicted molar refractivity (Wildman–Crippen MR) is 49.8 cm³/mol. The topological polar surface area (TPSA) is 49.4 Å². The van der Waals surface area contributed by atoms with Gasteiger partial charge in [-0.3, -0.25) is 4.79 Å². The second kappa shape index (κ2) is 2.85. The molecule has 0 radical (unpaired) electrons. The molecular weight excluding hydrogens is 188 g/mol. The van der Waals surface area contributed by atoms with E-state index in [0.717, 1.165) is 0 Å². The Hall–Kier alpha value is -1.36. The van der Waals surface area contributed by atoms with E-state index in [9.17, 15) is 9.59 Å². The first kappa shape index (κ1) is 8.25. The highest BCUT2D eigenvalue weighted by atomic mass is 32.1. The lowest BCUT2D eigenvalue weighted by Gasteiger charge is -2.08. The van der Waals surface area contributed by atoms with E-state index >= 15 is 0 Å². The molecule has 1 aliphatic rings. The van der Waals surface area contributed by atoms with Crippen LogP contribution in [0.3, 0.4) is 0 Å². The number of anilines is 1. The average molecular weight is 196 g/mol. The van der Waals surface area contributed by atoms with Crippen molar-refractivity contribution < 1.29 is 9.59 Å². The van der Waals surface area contributed by atoms with Gasteiger partial charge in [-0.1, -0.05) is 0 Å². The van der Waals surface area contributed by atoms with E-state index in [4.69, 9.17) is 0 Å². The third kappa shape index (κ3) is 1.21. The van der Waals surface area contributed by atoms with E-state index < -0.39 is 6.04 Å². The normalized spacial score (nSPS) is 22.2. The molecule has 2 heterocycles. The van der Waals surface area contributed by atoms with Gasteiger partial charge in [0.2, 0.25) is 0 Å². The molecule has 3 amide bonds. The summed E-state index contributed by atoms with van der Waals surface area (Å²) in [6.07, 6.45) is 0. The van der Waals surface area contributed by atoms with E-state index in [-0.39, 0.29) is 11.9 Å². The van der Waals surface area contributed by atoms with Crippen LogP contribution in [0, 0.1) is 0 Å². The number of thiophene rings is 1. The molecule has 1 N–H and O–H groups in total. The molecule has 0 saturated carbocycles. The number of urea groups is 1. The van der Waals surface area contributed by atoms with Crippen molar-refractivity contribution in [2.75, 3.05) is 4.90 Å². The number of carbonyl (C=O) groups excluding carboxylic acids is 2. The van der Waals surface area contributed by atoms with Crippen LogP contribution in [0.25, 0.3) is 0 Å². The number of nitrogens with zero attached hydrogens (tertiary/aromatic N) is 1. The van der Waals surface area contributed by atoms with Crippen molar-refractivity contribution in [2.24, 2.45) is 0 Å². The number of hydrogen-bond acceptors (Lipinski definition) is 3. The molecule has 1 fully saturated rings.